The van der Waals surface area contributed by atoms with E-state index >= 15 is 0 Å². The van der Waals surface area contributed by atoms with E-state index in [0.717, 1.165) is 48.0 Å². The Bertz CT molecular complexity index is 1630. The molecule has 1 aromatic carbocycles. The van der Waals surface area contributed by atoms with Gasteiger partial charge >= 0.3 is 0 Å². The summed E-state index contributed by atoms with van der Waals surface area (Å²) in [6.07, 6.45) is 7.16. The van der Waals surface area contributed by atoms with Gasteiger partial charge in [0.25, 0.3) is 0 Å². The molecule has 11 heteroatoms. The molecule has 2 aromatic heterocycles. The Kier molecular flexibility index (Phi) is 6.15. The van der Waals surface area contributed by atoms with E-state index in [-0.39, 0.29) is 29.2 Å². The quantitative estimate of drug-likeness (QED) is 0.478. The zero-order valence-electron chi connectivity index (χ0n) is 22.5. The predicted octanol–water partition coefficient (Wildman–Crippen LogP) is 3.61. The normalized spacial score (nSPS) is 27.4. The lowest BCUT2D eigenvalue weighted by atomic mass is 9.75. The van der Waals surface area contributed by atoms with Crippen molar-refractivity contribution in [1.29, 1.82) is 5.26 Å². The summed E-state index contributed by atoms with van der Waals surface area (Å²) in [6, 6.07) is 13.2. The molecule has 4 atom stereocenters. The van der Waals surface area contributed by atoms with Crippen molar-refractivity contribution in [1.82, 2.24) is 20.1 Å². The number of nitriles is 1. The van der Waals surface area contributed by atoms with Gasteiger partial charge < -0.3 is 10.2 Å². The van der Waals surface area contributed by atoms with Crippen LogP contribution >= 0.6 is 0 Å². The van der Waals surface area contributed by atoms with Crippen molar-refractivity contribution in [2.45, 2.75) is 43.6 Å². The van der Waals surface area contributed by atoms with E-state index in [9.17, 15) is 22.9 Å². The van der Waals surface area contributed by atoms with E-state index in [1.54, 1.807) is 10.7 Å². The summed E-state index contributed by atoms with van der Waals surface area (Å²) in [5.74, 6) is 0.957. The van der Waals surface area contributed by atoms with Crippen molar-refractivity contribution >= 4 is 21.4 Å². The first kappa shape index (κ1) is 26.1. The van der Waals surface area contributed by atoms with Gasteiger partial charge in [-0.15, -0.1) is 0 Å². The molecule has 0 bridgehead atoms. The van der Waals surface area contributed by atoms with Gasteiger partial charge in [0, 0.05) is 42.4 Å². The van der Waals surface area contributed by atoms with Crippen LogP contribution in [-0.4, -0.2) is 59.2 Å². The summed E-state index contributed by atoms with van der Waals surface area (Å²) in [5, 5.41) is 17.6. The van der Waals surface area contributed by atoms with Crippen molar-refractivity contribution in [2.24, 2.45) is 17.8 Å². The Morgan fingerprint density at radius 3 is 2.44 bits per heavy atom. The third-order valence-electron chi connectivity index (χ3n) is 9.26. The molecule has 3 heterocycles. The highest BCUT2D eigenvalue weighted by Crippen LogP contribution is 2.57. The van der Waals surface area contributed by atoms with E-state index in [4.69, 9.17) is 5.10 Å². The molecule has 4 aliphatic rings. The SMILES string of the molecule is N#CC1(NC(=O)C2CC3CC3CC2c2nn(-c3ccc(F)cn3)cc2-c2ccc(N3CCS(=O)(=O)CC3)cc2)CC1. The number of carbonyl (C=O) groups excluding carboxylic acids is 1. The number of halogens is 1. The fraction of sp³-hybridized carbons (Fsp3) is 0.467. The van der Waals surface area contributed by atoms with Crippen LogP contribution in [0.25, 0.3) is 16.9 Å². The standard InChI is InChI=1S/C30H31FN6O3S/c31-22-3-6-27(33-16-22)37-17-26(19-1-4-23(5-2-19)36-9-11-41(39,40)12-10-36)28(35-37)24-14-20-13-21(20)15-25(24)29(38)34-30(18-32)7-8-30/h1-6,16-17,20-21,24-25H,7-15H2,(H,34,38). The van der Waals surface area contributed by atoms with Crippen LogP contribution in [0.2, 0.25) is 0 Å². The van der Waals surface area contributed by atoms with Crippen LogP contribution < -0.4 is 10.2 Å². The van der Waals surface area contributed by atoms with Crippen molar-refractivity contribution < 1.29 is 17.6 Å². The molecule has 0 radical (unpaired) electrons. The Balaban J connectivity index is 1.24. The number of hydrogen-bond acceptors (Lipinski definition) is 7. The molecule has 9 nitrogen and oxygen atoms in total. The van der Waals surface area contributed by atoms with Gasteiger partial charge in [0.15, 0.2) is 15.7 Å². The lowest BCUT2D eigenvalue weighted by Crippen LogP contribution is -2.43. The van der Waals surface area contributed by atoms with Gasteiger partial charge in [-0.1, -0.05) is 12.1 Å². The Hall–Kier alpha value is -3.78. The monoisotopic (exact) mass is 574 g/mol. The maximum Gasteiger partial charge on any atom is 0.225 e. The second kappa shape index (κ2) is 9.65. The molecule has 1 amide bonds. The van der Waals surface area contributed by atoms with Crippen molar-refractivity contribution in [3.63, 3.8) is 0 Å². The minimum Gasteiger partial charge on any atom is -0.369 e. The number of nitrogens with zero attached hydrogens (tertiary/aromatic N) is 5. The summed E-state index contributed by atoms with van der Waals surface area (Å²) in [7, 11) is -2.97. The van der Waals surface area contributed by atoms with Crippen LogP contribution in [0.15, 0.2) is 48.8 Å². The molecule has 1 saturated heterocycles. The van der Waals surface area contributed by atoms with Crippen molar-refractivity contribution in [3.05, 3.63) is 60.3 Å². The summed E-state index contributed by atoms with van der Waals surface area (Å²) in [5.41, 5.74) is 2.84. The minimum absolute atomic E-state index is 0.0739. The Labute approximate surface area is 238 Å². The first-order valence-electron chi connectivity index (χ1n) is 14.2. The maximum atomic E-state index is 13.6. The second-order valence-electron chi connectivity index (χ2n) is 12.0. The number of rotatable bonds is 6. The molecule has 4 fully saturated rings. The highest BCUT2D eigenvalue weighted by Gasteiger charge is 2.52. The lowest BCUT2D eigenvalue weighted by molar-refractivity contribution is -0.127. The van der Waals surface area contributed by atoms with E-state index < -0.39 is 21.2 Å². The second-order valence-corrected chi connectivity index (χ2v) is 14.3. The number of benzene rings is 1. The smallest absolute Gasteiger partial charge is 0.225 e. The molecular formula is C30H31FN6O3S. The van der Waals surface area contributed by atoms with Crippen LogP contribution in [0, 0.1) is 34.9 Å². The highest BCUT2D eigenvalue weighted by atomic mass is 32.2. The van der Waals surface area contributed by atoms with E-state index in [1.165, 1.54) is 6.07 Å². The minimum atomic E-state index is -2.97. The van der Waals surface area contributed by atoms with Gasteiger partial charge in [0.05, 0.1) is 29.5 Å². The largest absolute Gasteiger partial charge is 0.369 e. The molecule has 4 unspecified atom stereocenters. The Morgan fingerprint density at radius 1 is 1.05 bits per heavy atom. The summed E-state index contributed by atoms with van der Waals surface area (Å²) in [4.78, 5) is 19.9. The van der Waals surface area contributed by atoms with Crippen LogP contribution in [0.4, 0.5) is 10.1 Å². The number of hydrogen-bond donors (Lipinski definition) is 1. The van der Waals surface area contributed by atoms with Crippen LogP contribution in [0.3, 0.4) is 0 Å². The maximum absolute atomic E-state index is 13.6. The number of fused-ring (bicyclic) bond motifs is 1. The topological polar surface area (TPSA) is 121 Å². The van der Waals surface area contributed by atoms with Gasteiger partial charge in [-0.05, 0) is 73.8 Å². The summed E-state index contributed by atoms with van der Waals surface area (Å²) >= 11 is 0. The fourth-order valence-corrected chi connectivity index (χ4v) is 7.71. The average Bonchev–Trinajstić information content (AvgIpc) is 3.88. The molecule has 3 aliphatic carbocycles. The van der Waals surface area contributed by atoms with Crippen LogP contribution in [-0.2, 0) is 14.6 Å². The fourth-order valence-electron chi connectivity index (χ4n) is 6.51. The third kappa shape index (κ3) is 5.10. The van der Waals surface area contributed by atoms with E-state index in [2.05, 4.69) is 21.3 Å². The summed E-state index contributed by atoms with van der Waals surface area (Å²) in [6.45, 7) is 0.930. The molecule has 1 N–H and O–H groups in total. The first-order chi connectivity index (χ1) is 19.7. The van der Waals surface area contributed by atoms with Crippen LogP contribution in [0.5, 0.6) is 0 Å². The van der Waals surface area contributed by atoms with Gasteiger partial charge in [0.2, 0.25) is 5.91 Å². The molecular weight excluding hydrogens is 543 g/mol. The molecule has 212 valence electrons. The number of pyridine rings is 1. The summed E-state index contributed by atoms with van der Waals surface area (Å²) < 4.78 is 39.1. The number of nitrogens with one attached hydrogen (secondary N) is 1. The van der Waals surface area contributed by atoms with Gasteiger partial charge in [0.1, 0.15) is 11.4 Å². The van der Waals surface area contributed by atoms with Crippen LogP contribution in [0.1, 0.15) is 43.7 Å². The van der Waals surface area contributed by atoms with Gasteiger partial charge in [-0.2, -0.15) is 10.4 Å². The number of amides is 1. The van der Waals surface area contributed by atoms with Crippen molar-refractivity contribution in [3.8, 4) is 23.0 Å². The molecule has 7 rings (SSSR count). The van der Waals surface area contributed by atoms with E-state index in [1.807, 2.05) is 30.5 Å². The zero-order chi connectivity index (χ0) is 28.4. The molecule has 3 aromatic rings. The third-order valence-corrected chi connectivity index (χ3v) is 10.9. The van der Waals surface area contributed by atoms with Crippen molar-refractivity contribution in [2.75, 3.05) is 29.5 Å². The molecule has 3 saturated carbocycles. The molecule has 41 heavy (non-hydrogen) atoms. The average molecular weight is 575 g/mol. The zero-order valence-corrected chi connectivity index (χ0v) is 23.4. The van der Waals surface area contributed by atoms with Gasteiger partial charge in [-0.3, -0.25) is 4.79 Å². The number of carbonyl (C=O) groups is 1. The number of aromatic nitrogens is 3. The number of sulfone groups is 1. The molecule has 0 spiro atoms. The van der Waals surface area contributed by atoms with E-state index in [0.29, 0.717) is 43.6 Å². The Morgan fingerprint density at radius 2 is 1.78 bits per heavy atom. The lowest BCUT2D eigenvalue weighted by Gasteiger charge is -2.31. The number of anilines is 1. The highest BCUT2D eigenvalue weighted by molar-refractivity contribution is 7.91. The first-order valence-corrected chi connectivity index (χ1v) is 16.1. The predicted molar refractivity (Wildman–Crippen MR) is 150 cm³/mol. The van der Waals surface area contributed by atoms with Gasteiger partial charge in [-0.25, -0.2) is 22.5 Å². The molecule has 1 aliphatic heterocycles.